The molecule has 5 nitrogen and oxygen atoms in total. The molecular formula is C5H8O5. The maximum Gasteiger partial charge on any atom is 0.509 e. The monoisotopic (exact) mass is 148 g/mol. The van der Waals surface area contributed by atoms with Gasteiger partial charge in [0.1, 0.15) is 6.61 Å². The van der Waals surface area contributed by atoms with E-state index in [0.717, 1.165) is 0 Å². The Morgan fingerprint density at radius 3 is 2.30 bits per heavy atom. The first-order valence-electron chi connectivity index (χ1n) is 2.80. The van der Waals surface area contributed by atoms with Crippen LogP contribution in [-0.2, 0) is 9.47 Å². The lowest BCUT2D eigenvalue weighted by atomic mass is 10.1. The standard InChI is InChI=1S/C5H8O5/c6-1-5(2-7)3-9-4(8)10-5/h6-7H,1-3H2. The molecular weight excluding hydrogens is 140 g/mol. The number of carbonyl (C=O) groups excluding carboxylic acids is 1. The van der Waals surface area contributed by atoms with E-state index in [1.807, 2.05) is 0 Å². The minimum Gasteiger partial charge on any atom is -0.430 e. The van der Waals surface area contributed by atoms with Gasteiger partial charge < -0.3 is 19.7 Å². The van der Waals surface area contributed by atoms with Crippen LogP contribution >= 0.6 is 0 Å². The Balaban J connectivity index is 2.59. The van der Waals surface area contributed by atoms with E-state index in [4.69, 9.17) is 10.2 Å². The van der Waals surface area contributed by atoms with Gasteiger partial charge in [-0.3, -0.25) is 0 Å². The fraction of sp³-hybridized carbons (Fsp3) is 0.800. The number of hydrogen-bond acceptors (Lipinski definition) is 5. The first kappa shape index (κ1) is 7.30. The smallest absolute Gasteiger partial charge is 0.430 e. The first-order valence-corrected chi connectivity index (χ1v) is 2.80. The van der Waals surface area contributed by atoms with Crippen molar-refractivity contribution in [3.05, 3.63) is 0 Å². The third-order valence-electron chi connectivity index (χ3n) is 1.33. The van der Waals surface area contributed by atoms with Gasteiger partial charge in [0.25, 0.3) is 0 Å². The van der Waals surface area contributed by atoms with Crippen LogP contribution < -0.4 is 0 Å². The number of ether oxygens (including phenoxy) is 2. The fourth-order valence-electron chi connectivity index (χ4n) is 0.632. The van der Waals surface area contributed by atoms with E-state index >= 15 is 0 Å². The molecule has 1 aliphatic rings. The summed E-state index contributed by atoms with van der Waals surface area (Å²) in [6.45, 7) is -0.927. The zero-order valence-electron chi connectivity index (χ0n) is 5.24. The molecule has 5 heteroatoms. The minimum absolute atomic E-state index is 0.0845. The maximum atomic E-state index is 10.3. The van der Waals surface area contributed by atoms with E-state index < -0.39 is 25.0 Å². The van der Waals surface area contributed by atoms with Crippen molar-refractivity contribution in [2.24, 2.45) is 0 Å². The van der Waals surface area contributed by atoms with Gasteiger partial charge in [-0.25, -0.2) is 4.79 Å². The molecule has 0 aromatic rings. The second-order valence-electron chi connectivity index (χ2n) is 2.14. The second kappa shape index (κ2) is 2.43. The van der Waals surface area contributed by atoms with Gasteiger partial charge in [-0.1, -0.05) is 0 Å². The van der Waals surface area contributed by atoms with Crippen molar-refractivity contribution < 1.29 is 24.5 Å². The lowest BCUT2D eigenvalue weighted by Crippen LogP contribution is -2.40. The van der Waals surface area contributed by atoms with Gasteiger partial charge in [0.05, 0.1) is 13.2 Å². The van der Waals surface area contributed by atoms with E-state index in [-0.39, 0.29) is 6.61 Å². The van der Waals surface area contributed by atoms with Gasteiger partial charge >= 0.3 is 6.16 Å². The Labute approximate surface area is 57.2 Å². The molecule has 0 saturated carbocycles. The zero-order chi connectivity index (χ0) is 7.61. The fourth-order valence-corrected chi connectivity index (χ4v) is 0.632. The van der Waals surface area contributed by atoms with Crippen LogP contribution in [0.4, 0.5) is 4.79 Å². The average Bonchev–Trinajstić information content (AvgIpc) is 2.33. The Morgan fingerprint density at radius 2 is 2.10 bits per heavy atom. The summed E-state index contributed by atoms with van der Waals surface area (Å²) in [6, 6.07) is 0. The average molecular weight is 148 g/mol. The van der Waals surface area contributed by atoms with Crippen molar-refractivity contribution in [2.45, 2.75) is 5.60 Å². The van der Waals surface area contributed by atoms with Crippen LogP contribution in [-0.4, -0.2) is 41.8 Å². The summed E-state index contributed by atoms with van der Waals surface area (Å²) in [5, 5.41) is 17.2. The summed E-state index contributed by atoms with van der Waals surface area (Å²) in [6.07, 6.45) is -0.844. The number of cyclic esters (lactones) is 2. The molecule has 58 valence electrons. The van der Waals surface area contributed by atoms with Gasteiger partial charge in [0.15, 0.2) is 5.60 Å². The summed E-state index contributed by atoms with van der Waals surface area (Å²) in [7, 11) is 0. The third-order valence-corrected chi connectivity index (χ3v) is 1.33. The molecule has 1 heterocycles. The summed E-state index contributed by atoms with van der Waals surface area (Å²) in [4.78, 5) is 10.3. The maximum absolute atomic E-state index is 10.3. The largest absolute Gasteiger partial charge is 0.509 e. The van der Waals surface area contributed by atoms with E-state index in [0.29, 0.717) is 0 Å². The quantitative estimate of drug-likeness (QED) is 0.485. The van der Waals surface area contributed by atoms with Crippen molar-refractivity contribution in [2.75, 3.05) is 19.8 Å². The van der Waals surface area contributed by atoms with Crippen LogP contribution in [0.2, 0.25) is 0 Å². The molecule has 0 atom stereocenters. The molecule has 1 saturated heterocycles. The Hall–Kier alpha value is -0.810. The third kappa shape index (κ3) is 1.05. The minimum atomic E-state index is -1.21. The Kier molecular flexibility index (Phi) is 1.78. The SMILES string of the molecule is O=C1OCC(CO)(CO)O1. The van der Waals surface area contributed by atoms with Crippen molar-refractivity contribution in [3.8, 4) is 0 Å². The molecule has 0 aromatic heterocycles. The van der Waals surface area contributed by atoms with Crippen LogP contribution in [0, 0.1) is 0 Å². The van der Waals surface area contributed by atoms with Crippen molar-refractivity contribution >= 4 is 6.16 Å². The second-order valence-corrected chi connectivity index (χ2v) is 2.14. The molecule has 0 unspecified atom stereocenters. The highest BCUT2D eigenvalue weighted by Gasteiger charge is 2.41. The summed E-state index contributed by atoms with van der Waals surface area (Å²) >= 11 is 0. The highest BCUT2D eigenvalue weighted by molar-refractivity contribution is 5.62. The number of aliphatic hydroxyl groups excluding tert-OH is 2. The molecule has 0 amide bonds. The van der Waals surface area contributed by atoms with Gasteiger partial charge in [-0.2, -0.15) is 0 Å². The van der Waals surface area contributed by atoms with Gasteiger partial charge in [-0.15, -0.1) is 0 Å². The van der Waals surface area contributed by atoms with E-state index in [2.05, 4.69) is 9.47 Å². The summed E-state index contributed by atoms with van der Waals surface area (Å²) < 4.78 is 8.86. The van der Waals surface area contributed by atoms with Crippen LogP contribution in [0.1, 0.15) is 0 Å². The number of aliphatic hydroxyl groups is 2. The Morgan fingerprint density at radius 1 is 1.50 bits per heavy atom. The normalized spacial score (nSPS) is 22.0. The van der Waals surface area contributed by atoms with Crippen LogP contribution in [0.15, 0.2) is 0 Å². The van der Waals surface area contributed by atoms with Gasteiger partial charge in [0, 0.05) is 0 Å². The van der Waals surface area contributed by atoms with Gasteiger partial charge in [-0.05, 0) is 0 Å². The summed E-state index contributed by atoms with van der Waals surface area (Å²) in [5.74, 6) is 0. The molecule has 1 rings (SSSR count). The zero-order valence-corrected chi connectivity index (χ0v) is 5.24. The van der Waals surface area contributed by atoms with Crippen LogP contribution in [0.5, 0.6) is 0 Å². The molecule has 0 spiro atoms. The molecule has 0 aromatic carbocycles. The van der Waals surface area contributed by atoms with Crippen LogP contribution in [0.25, 0.3) is 0 Å². The Bertz CT molecular complexity index is 139. The molecule has 1 aliphatic heterocycles. The molecule has 2 N–H and O–H groups in total. The highest BCUT2D eigenvalue weighted by atomic mass is 16.8. The number of rotatable bonds is 2. The van der Waals surface area contributed by atoms with Crippen LogP contribution in [0.3, 0.4) is 0 Å². The predicted octanol–water partition coefficient (Wildman–Crippen LogP) is -1.12. The van der Waals surface area contributed by atoms with E-state index in [1.165, 1.54) is 0 Å². The van der Waals surface area contributed by atoms with Gasteiger partial charge in [0.2, 0.25) is 0 Å². The number of carbonyl (C=O) groups is 1. The first-order chi connectivity index (χ1) is 4.72. The predicted molar refractivity (Wildman–Crippen MR) is 29.3 cm³/mol. The van der Waals surface area contributed by atoms with Crippen molar-refractivity contribution in [1.29, 1.82) is 0 Å². The molecule has 0 aliphatic carbocycles. The lowest BCUT2D eigenvalue weighted by Gasteiger charge is -2.17. The van der Waals surface area contributed by atoms with Crippen molar-refractivity contribution in [3.63, 3.8) is 0 Å². The van der Waals surface area contributed by atoms with E-state index in [9.17, 15) is 4.79 Å². The molecule has 0 radical (unpaired) electrons. The molecule has 1 fully saturated rings. The molecule has 0 bridgehead atoms. The highest BCUT2D eigenvalue weighted by Crippen LogP contribution is 2.18. The molecule has 10 heavy (non-hydrogen) atoms. The topological polar surface area (TPSA) is 76.0 Å². The number of hydrogen-bond donors (Lipinski definition) is 2. The van der Waals surface area contributed by atoms with E-state index in [1.54, 1.807) is 0 Å². The summed E-state index contributed by atoms with van der Waals surface area (Å²) in [5.41, 5.74) is -1.21. The lowest BCUT2D eigenvalue weighted by molar-refractivity contribution is -0.0328. The van der Waals surface area contributed by atoms with Crippen molar-refractivity contribution in [1.82, 2.24) is 0 Å².